The van der Waals surface area contributed by atoms with Crippen LogP contribution in [0.25, 0.3) is 0 Å². The highest BCUT2D eigenvalue weighted by Gasteiger charge is 2.47. The van der Waals surface area contributed by atoms with Gasteiger partial charge >= 0.3 is 0 Å². The third-order valence-electron chi connectivity index (χ3n) is 6.17. The van der Waals surface area contributed by atoms with E-state index in [4.69, 9.17) is 25.8 Å². The normalized spacial score (nSPS) is 23.2. The fraction of sp³-hybridized carbons (Fsp3) is 0.455. The van der Waals surface area contributed by atoms with Crippen LogP contribution in [0, 0.1) is 17.7 Å². The molecule has 2 amide bonds. The van der Waals surface area contributed by atoms with Gasteiger partial charge in [0.05, 0.1) is 19.2 Å². The number of carbonyl (C=O) groups is 2. The molecular weight excluding hydrogens is 455 g/mol. The molecule has 1 aromatic carbocycles. The van der Waals surface area contributed by atoms with Gasteiger partial charge in [-0.05, 0) is 43.2 Å². The van der Waals surface area contributed by atoms with E-state index in [9.17, 15) is 14.0 Å². The number of nitrogens with one attached hydrogen (secondary N) is 2. The van der Waals surface area contributed by atoms with Gasteiger partial charge in [0.2, 0.25) is 11.8 Å². The van der Waals surface area contributed by atoms with Crippen LogP contribution >= 0.6 is 11.6 Å². The molecule has 2 atom stereocenters. The van der Waals surface area contributed by atoms with E-state index >= 15 is 0 Å². The summed E-state index contributed by atoms with van der Waals surface area (Å²) in [4.78, 5) is 33.4. The summed E-state index contributed by atoms with van der Waals surface area (Å²) in [6, 6.07) is 3.77. The quantitative estimate of drug-likeness (QED) is 0.599. The van der Waals surface area contributed by atoms with Crippen molar-refractivity contribution in [3.05, 3.63) is 40.9 Å². The van der Waals surface area contributed by atoms with Crippen LogP contribution in [0.5, 0.6) is 17.5 Å². The van der Waals surface area contributed by atoms with Gasteiger partial charge in [0, 0.05) is 18.2 Å². The van der Waals surface area contributed by atoms with E-state index in [1.54, 1.807) is 0 Å². The van der Waals surface area contributed by atoms with Crippen LogP contribution in [0.15, 0.2) is 24.5 Å². The van der Waals surface area contributed by atoms with Gasteiger partial charge in [0.1, 0.15) is 17.9 Å². The lowest BCUT2D eigenvalue weighted by atomic mass is 9.60. The first kappa shape index (κ1) is 23.0. The molecule has 0 saturated heterocycles. The molecular formula is C22H24ClFN4O5. The van der Waals surface area contributed by atoms with Crippen molar-refractivity contribution in [1.29, 1.82) is 0 Å². The lowest BCUT2D eigenvalue weighted by molar-refractivity contribution is -0.125. The first-order valence-electron chi connectivity index (χ1n) is 10.5. The first-order chi connectivity index (χ1) is 15.9. The van der Waals surface area contributed by atoms with E-state index in [0.717, 1.165) is 18.9 Å². The van der Waals surface area contributed by atoms with Crippen LogP contribution in [0.4, 0.5) is 4.39 Å². The largest absolute Gasteiger partial charge is 0.484 e. The van der Waals surface area contributed by atoms with E-state index < -0.39 is 11.7 Å². The maximum atomic E-state index is 13.5. The molecule has 2 N–H and O–H groups in total. The summed E-state index contributed by atoms with van der Waals surface area (Å²) in [5, 5.41) is 6.00. The molecule has 176 valence electrons. The van der Waals surface area contributed by atoms with Gasteiger partial charge in [-0.15, -0.1) is 0 Å². The molecule has 0 aliphatic heterocycles. The highest BCUT2D eigenvalue weighted by Crippen LogP contribution is 2.46. The molecule has 33 heavy (non-hydrogen) atoms. The summed E-state index contributed by atoms with van der Waals surface area (Å²) in [5.74, 6) is -0.158. The number of benzene rings is 1. The second-order valence-corrected chi connectivity index (χ2v) is 8.52. The highest BCUT2D eigenvalue weighted by atomic mass is 35.5. The summed E-state index contributed by atoms with van der Waals surface area (Å²) in [5.41, 5.74) is 0.133. The van der Waals surface area contributed by atoms with Crippen molar-refractivity contribution in [2.75, 3.05) is 20.8 Å². The number of amides is 2. The predicted octanol–water partition coefficient (Wildman–Crippen LogP) is 2.38. The fourth-order valence-electron chi connectivity index (χ4n) is 4.44. The number of aromatic nitrogens is 2. The average Bonchev–Trinajstić information content (AvgIpc) is 2.78. The lowest BCUT2D eigenvalue weighted by Crippen LogP contribution is -2.60. The molecule has 0 radical (unpaired) electrons. The number of hydrogen-bond donors (Lipinski definition) is 2. The van der Waals surface area contributed by atoms with Gasteiger partial charge in [-0.2, -0.15) is 0 Å². The third-order valence-corrected chi connectivity index (χ3v) is 6.48. The van der Waals surface area contributed by atoms with E-state index in [2.05, 4.69) is 20.6 Å². The summed E-state index contributed by atoms with van der Waals surface area (Å²) in [6.07, 6.45) is 3.65. The number of fused-ring (bicyclic) bond motifs is 2. The van der Waals surface area contributed by atoms with Gasteiger partial charge in [-0.25, -0.2) is 14.4 Å². The predicted molar refractivity (Wildman–Crippen MR) is 116 cm³/mol. The molecule has 1 aromatic heterocycles. The Bertz CT molecular complexity index is 1030. The van der Waals surface area contributed by atoms with E-state index in [-0.39, 0.29) is 52.7 Å². The van der Waals surface area contributed by atoms with Crippen molar-refractivity contribution in [3.63, 3.8) is 0 Å². The fourth-order valence-corrected chi connectivity index (χ4v) is 4.56. The zero-order valence-electron chi connectivity index (χ0n) is 18.1. The number of methoxy groups -OCH3 is 2. The molecule has 11 heteroatoms. The Labute approximate surface area is 195 Å². The third kappa shape index (κ3) is 4.95. The zero-order chi connectivity index (χ0) is 23.5. The molecule has 3 saturated carbocycles. The second kappa shape index (κ2) is 9.78. The molecule has 0 spiro atoms. The molecule has 5 rings (SSSR count). The highest BCUT2D eigenvalue weighted by molar-refractivity contribution is 6.30. The van der Waals surface area contributed by atoms with E-state index in [1.807, 2.05) is 0 Å². The number of rotatable bonds is 8. The van der Waals surface area contributed by atoms with Crippen molar-refractivity contribution < 1.29 is 28.2 Å². The van der Waals surface area contributed by atoms with Crippen LogP contribution < -0.4 is 24.8 Å². The minimum Gasteiger partial charge on any atom is -0.484 e. The maximum absolute atomic E-state index is 13.5. The summed E-state index contributed by atoms with van der Waals surface area (Å²) in [7, 11) is 2.84. The van der Waals surface area contributed by atoms with Gasteiger partial charge < -0.3 is 24.8 Å². The number of ether oxygens (including phenoxy) is 3. The Morgan fingerprint density at radius 2 is 1.70 bits per heavy atom. The van der Waals surface area contributed by atoms with Crippen molar-refractivity contribution in [2.45, 2.75) is 31.3 Å². The Kier molecular flexibility index (Phi) is 6.83. The summed E-state index contributed by atoms with van der Waals surface area (Å²) >= 11 is 5.65. The smallest absolute Gasteiger partial charge is 0.262 e. The van der Waals surface area contributed by atoms with E-state index in [0.29, 0.717) is 18.3 Å². The van der Waals surface area contributed by atoms with Crippen LogP contribution in [-0.4, -0.2) is 54.7 Å². The average molecular weight is 479 g/mol. The topological polar surface area (TPSA) is 112 Å². The Balaban J connectivity index is 1.35. The second-order valence-electron chi connectivity index (χ2n) is 8.11. The van der Waals surface area contributed by atoms with Crippen molar-refractivity contribution in [3.8, 4) is 17.5 Å². The molecule has 1 unspecified atom stereocenters. The molecule has 3 aliphatic carbocycles. The van der Waals surface area contributed by atoms with Gasteiger partial charge in [0.25, 0.3) is 11.8 Å². The molecule has 3 aliphatic rings. The molecule has 9 nitrogen and oxygen atoms in total. The molecule has 2 aromatic rings. The van der Waals surface area contributed by atoms with Crippen LogP contribution in [0.2, 0.25) is 5.02 Å². The standard InChI is InChI=1S/C22H24ClFN4O5/c1-31-21-19(22(32-2)26-10-25-21)20(30)28-17-8-16(11-5-12(17)6-11)27-18(29)9-33-13-3-4-14(23)15(24)7-13/h3-4,7,10-12,16-17H,5-6,8-9H2,1-2H3,(H,27,29)(H,28,30)/t11?,12?,16-,17?/m0/s1. The number of hydrogen-bond acceptors (Lipinski definition) is 7. The van der Waals surface area contributed by atoms with Crippen molar-refractivity contribution in [1.82, 2.24) is 20.6 Å². The van der Waals surface area contributed by atoms with Gasteiger partial charge in [-0.3, -0.25) is 9.59 Å². The monoisotopic (exact) mass is 478 g/mol. The van der Waals surface area contributed by atoms with Crippen LogP contribution in [-0.2, 0) is 4.79 Å². The van der Waals surface area contributed by atoms with Crippen molar-refractivity contribution >= 4 is 23.4 Å². The molecule has 3 fully saturated rings. The van der Waals surface area contributed by atoms with Crippen molar-refractivity contribution in [2.24, 2.45) is 11.8 Å². The van der Waals surface area contributed by atoms with Gasteiger partial charge in [-0.1, -0.05) is 11.6 Å². The number of nitrogens with zero attached hydrogens (tertiary/aromatic N) is 2. The minimum absolute atomic E-state index is 0.0149. The maximum Gasteiger partial charge on any atom is 0.262 e. The number of carbonyl (C=O) groups excluding carboxylic acids is 2. The molecule has 1 heterocycles. The summed E-state index contributed by atoms with van der Waals surface area (Å²) < 4.78 is 29.3. The Hall–Kier alpha value is -3.14. The SMILES string of the molecule is COc1ncnc(OC)c1C(=O)NC1C[C@H](NC(=O)COc2ccc(Cl)c(F)c2)C2CC1C2. The Morgan fingerprint density at radius 1 is 1.06 bits per heavy atom. The lowest BCUT2D eigenvalue weighted by Gasteiger charge is -2.51. The van der Waals surface area contributed by atoms with Crippen LogP contribution in [0.3, 0.4) is 0 Å². The zero-order valence-corrected chi connectivity index (χ0v) is 18.9. The Morgan fingerprint density at radius 3 is 2.30 bits per heavy atom. The first-order valence-corrected chi connectivity index (χ1v) is 10.9. The van der Waals surface area contributed by atoms with E-state index in [1.165, 1.54) is 32.7 Å². The van der Waals surface area contributed by atoms with Gasteiger partial charge in [0.15, 0.2) is 12.2 Å². The minimum atomic E-state index is -0.613. The number of halogens is 2. The summed E-state index contributed by atoms with van der Waals surface area (Å²) in [6.45, 7) is -0.250. The van der Waals surface area contributed by atoms with Crippen LogP contribution in [0.1, 0.15) is 29.6 Å². The molecule has 2 bridgehead atoms.